The summed E-state index contributed by atoms with van der Waals surface area (Å²) in [4.78, 5) is 32.3. The molecule has 0 aromatic heterocycles. The van der Waals surface area contributed by atoms with E-state index in [1.54, 1.807) is 5.48 Å². The van der Waals surface area contributed by atoms with Crippen molar-refractivity contribution in [3.63, 3.8) is 0 Å². The number of hydrogen-bond donors (Lipinski definition) is 2. The Labute approximate surface area is 175 Å². The molecular weight excluding hydrogens is 382 g/mol. The fraction of sp³-hybridized carbons (Fsp3) is 0.217. The lowest BCUT2D eigenvalue weighted by Crippen LogP contribution is -2.31. The van der Waals surface area contributed by atoms with Gasteiger partial charge in [0.15, 0.2) is 0 Å². The number of fused-ring (bicyclic) bond motifs is 1. The maximum absolute atomic E-state index is 13.0. The van der Waals surface area contributed by atoms with Gasteiger partial charge in [0.25, 0.3) is 11.8 Å². The third-order valence-electron chi connectivity index (χ3n) is 4.56. The normalized spacial score (nSPS) is 11.0. The summed E-state index contributed by atoms with van der Waals surface area (Å²) in [5, 5.41) is 12.1. The molecule has 0 fully saturated rings. The molecule has 0 radical (unpaired) electrons. The Bertz CT molecular complexity index is 1050. The minimum Gasteiger partial charge on any atom is -0.305 e. The van der Waals surface area contributed by atoms with Crippen LogP contribution in [0.3, 0.4) is 0 Å². The molecule has 7 nitrogen and oxygen atoms in total. The minimum absolute atomic E-state index is 0.247. The third-order valence-corrected chi connectivity index (χ3v) is 4.56. The second-order valence-electron chi connectivity index (χ2n) is 7.14. The number of hydrogen-bond acceptors (Lipinski definition) is 5. The van der Waals surface area contributed by atoms with Gasteiger partial charge in [0.2, 0.25) is 0 Å². The molecular formula is C23H25N3O4. The van der Waals surface area contributed by atoms with E-state index in [9.17, 15) is 9.59 Å². The van der Waals surface area contributed by atoms with Gasteiger partial charge in [0, 0.05) is 17.7 Å². The molecule has 0 heterocycles. The van der Waals surface area contributed by atoms with Gasteiger partial charge in [-0.15, -0.1) is 0 Å². The van der Waals surface area contributed by atoms with Crippen molar-refractivity contribution >= 4 is 28.3 Å². The zero-order valence-corrected chi connectivity index (χ0v) is 17.3. The maximum atomic E-state index is 13.0. The van der Waals surface area contributed by atoms with Crippen LogP contribution < -0.4 is 10.5 Å². The van der Waals surface area contributed by atoms with Crippen LogP contribution >= 0.6 is 0 Å². The number of amides is 2. The highest BCUT2D eigenvalue weighted by atomic mass is 16.7. The Balaban J connectivity index is 1.90. The first-order valence-electron chi connectivity index (χ1n) is 9.62. The topological polar surface area (TPSA) is 82.1 Å². The van der Waals surface area contributed by atoms with Gasteiger partial charge in [0.1, 0.15) is 0 Å². The highest BCUT2D eigenvalue weighted by molar-refractivity contribution is 6.06. The van der Waals surface area contributed by atoms with Gasteiger partial charge in [-0.2, -0.15) is 5.06 Å². The predicted octanol–water partition coefficient (Wildman–Crippen LogP) is 3.62. The Morgan fingerprint density at radius 3 is 2.20 bits per heavy atom. The van der Waals surface area contributed by atoms with E-state index >= 15 is 0 Å². The highest BCUT2D eigenvalue weighted by Gasteiger charge is 2.19. The van der Waals surface area contributed by atoms with E-state index in [0.29, 0.717) is 17.9 Å². The number of nitrogens with one attached hydrogen (secondary N) is 1. The summed E-state index contributed by atoms with van der Waals surface area (Å²) in [6, 6.07) is 18.0. The van der Waals surface area contributed by atoms with Crippen LogP contribution in [0.1, 0.15) is 33.2 Å². The van der Waals surface area contributed by atoms with Crippen molar-refractivity contribution in [2.24, 2.45) is 0 Å². The second kappa shape index (κ2) is 9.49. The molecule has 0 unspecified atom stereocenters. The first-order chi connectivity index (χ1) is 14.4. The minimum atomic E-state index is -0.640. The van der Waals surface area contributed by atoms with E-state index in [1.807, 2.05) is 45.3 Å². The lowest BCUT2D eigenvalue weighted by Gasteiger charge is -2.22. The molecule has 7 heteroatoms. The van der Waals surface area contributed by atoms with Gasteiger partial charge >= 0.3 is 0 Å². The van der Waals surface area contributed by atoms with Crippen molar-refractivity contribution in [1.29, 1.82) is 0 Å². The van der Waals surface area contributed by atoms with E-state index in [1.165, 1.54) is 34.9 Å². The summed E-state index contributed by atoms with van der Waals surface area (Å²) in [5.74, 6) is -0.991. The van der Waals surface area contributed by atoms with E-state index < -0.39 is 5.91 Å². The molecule has 156 valence electrons. The molecule has 0 bridgehead atoms. The Hall–Kier alpha value is -3.26. The van der Waals surface area contributed by atoms with Crippen LogP contribution in [0.2, 0.25) is 0 Å². The van der Waals surface area contributed by atoms with Crippen LogP contribution in [-0.4, -0.2) is 42.6 Å². The number of carbonyl (C=O) groups excluding carboxylic acids is 2. The van der Waals surface area contributed by atoms with Gasteiger partial charge in [-0.05, 0) is 79.8 Å². The quantitative estimate of drug-likeness (QED) is 0.462. The molecule has 30 heavy (non-hydrogen) atoms. The van der Waals surface area contributed by atoms with Crippen LogP contribution in [0.25, 0.3) is 10.8 Å². The van der Waals surface area contributed by atoms with Crippen molar-refractivity contribution in [3.8, 4) is 0 Å². The monoisotopic (exact) mass is 407 g/mol. The largest absolute Gasteiger partial charge is 0.305 e. The predicted molar refractivity (Wildman–Crippen MR) is 115 cm³/mol. The molecule has 3 aromatic carbocycles. The number of carbonyl (C=O) groups is 2. The smallest absolute Gasteiger partial charge is 0.282 e. The average molecular weight is 407 g/mol. The summed E-state index contributed by atoms with van der Waals surface area (Å²) in [5.41, 5.74) is 4.01. The molecule has 0 atom stereocenters. The van der Waals surface area contributed by atoms with Crippen LogP contribution in [0.4, 0.5) is 5.69 Å². The van der Waals surface area contributed by atoms with Crippen LogP contribution in [0, 0.1) is 0 Å². The van der Waals surface area contributed by atoms with Gasteiger partial charge in [0.05, 0.1) is 12.3 Å². The third kappa shape index (κ3) is 4.83. The molecule has 0 aliphatic heterocycles. The van der Waals surface area contributed by atoms with Crippen LogP contribution in [0.15, 0.2) is 60.7 Å². The summed E-state index contributed by atoms with van der Waals surface area (Å²) < 4.78 is 0. The molecule has 3 rings (SSSR count). The fourth-order valence-electron chi connectivity index (χ4n) is 3.20. The lowest BCUT2D eigenvalue weighted by molar-refractivity contribution is 0.0678. The van der Waals surface area contributed by atoms with Gasteiger partial charge < -0.3 is 4.90 Å². The van der Waals surface area contributed by atoms with E-state index in [2.05, 4.69) is 17.0 Å². The van der Waals surface area contributed by atoms with Crippen molar-refractivity contribution in [2.45, 2.75) is 13.5 Å². The van der Waals surface area contributed by atoms with E-state index in [-0.39, 0.29) is 11.5 Å². The second-order valence-corrected chi connectivity index (χ2v) is 7.14. The Morgan fingerprint density at radius 2 is 1.57 bits per heavy atom. The number of benzene rings is 3. The summed E-state index contributed by atoms with van der Waals surface area (Å²) in [6.07, 6.45) is 0. The molecule has 2 amide bonds. The summed E-state index contributed by atoms with van der Waals surface area (Å²) >= 11 is 0. The standard InChI is InChI=1S/C23H25N3O4/c1-4-30-26(23(28)18-9-7-17(8-10-18)22(27)24-29)21-12-11-19-13-16(15-25(2)3)5-6-20(19)14-21/h5-14,29H,4,15H2,1-3H3,(H,24,27). The molecule has 2 N–H and O–H groups in total. The van der Waals surface area contributed by atoms with Crippen molar-refractivity contribution < 1.29 is 19.6 Å². The first-order valence-corrected chi connectivity index (χ1v) is 9.62. The maximum Gasteiger partial charge on any atom is 0.282 e. The number of hydroxylamine groups is 2. The molecule has 0 aliphatic rings. The van der Waals surface area contributed by atoms with Crippen molar-refractivity contribution in [2.75, 3.05) is 25.8 Å². The van der Waals surface area contributed by atoms with E-state index in [0.717, 1.165) is 17.3 Å². The highest BCUT2D eigenvalue weighted by Crippen LogP contribution is 2.25. The van der Waals surface area contributed by atoms with Crippen molar-refractivity contribution in [1.82, 2.24) is 10.4 Å². The van der Waals surface area contributed by atoms with Gasteiger partial charge in [-0.25, -0.2) is 5.48 Å². The Kier molecular flexibility index (Phi) is 6.79. The lowest BCUT2D eigenvalue weighted by atomic mass is 10.1. The van der Waals surface area contributed by atoms with Gasteiger partial charge in [-0.3, -0.25) is 19.6 Å². The molecule has 0 saturated carbocycles. The molecule has 0 aliphatic carbocycles. The molecule has 0 spiro atoms. The Morgan fingerprint density at radius 1 is 0.933 bits per heavy atom. The van der Waals surface area contributed by atoms with Crippen LogP contribution in [-0.2, 0) is 11.4 Å². The SMILES string of the molecule is CCON(C(=O)c1ccc(C(=O)NO)cc1)c1ccc2cc(CN(C)C)ccc2c1. The zero-order valence-electron chi connectivity index (χ0n) is 17.3. The fourth-order valence-corrected chi connectivity index (χ4v) is 3.20. The average Bonchev–Trinajstić information content (AvgIpc) is 2.76. The number of anilines is 1. The van der Waals surface area contributed by atoms with Crippen LogP contribution in [0.5, 0.6) is 0 Å². The van der Waals surface area contributed by atoms with E-state index in [4.69, 9.17) is 10.0 Å². The van der Waals surface area contributed by atoms with Gasteiger partial charge in [-0.1, -0.05) is 18.2 Å². The molecule has 3 aromatic rings. The summed E-state index contributed by atoms with van der Waals surface area (Å²) in [6.45, 7) is 2.98. The zero-order chi connectivity index (χ0) is 21.7. The number of nitrogens with zero attached hydrogens (tertiary/aromatic N) is 2. The summed E-state index contributed by atoms with van der Waals surface area (Å²) in [7, 11) is 4.06. The molecule has 0 saturated heterocycles. The van der Waals surface area contributed by atoms with Crippen molar-refractivity contribution in [3.05, 3.63) is 77.4 Å². The number of rotatable bonds is 7. The first kappa shape index (κ1) is 21.4.